The lowest BCUT2D eigenvalue weighted by Gasteiger charge is -2.18. The van der Waals surface area contributed by atoms with E-state index in [4.69, 9.17) is 0 Å². The van der Waals surface area contributed by atoms with Gasteiger partial charge in [-0.15, -0.1) is 0 Å². The van der Waals surface area contributed by atoms with Crippen molar-refractivity contribution in [2.24, 2.45) is 10.2 Å². The molecule has 0 atom stereocenters. The van der Waals surface area contributed by atoms with Crippen LogP contribution in [0.5, 0.6) is 0 Å². The van der Waals surface area contributed by atoms with Gasteiger partial charge in [0, 0.05) is 24.3 Å². The fourth-order valence-corrected chi connectivity index (χ4v) is 4.37. The van der Waals surface area contributed by atoms with Crippen molar-refractivity contribution in [1.82, 2.24) is 4.31 Å². The molecule has 0 aliphatic rings. The molecule has 0 bridgehead atoms. The fraction of sp³-hybridized carbons (Fsp3) is 0.174. The van der Waals surface area contributed by atoms with Crippen LogP contribution in [-0.4, -0.2) is 31.7 Å². The van der Waals surface area contributed by atoms with Gasteiger partial charge in [0.15, 0.2) is 0 Å². The Hall–Kier alpha value is -3.36. The van der Waals surface area contributed by atoms with Crippen molar-refractivity contribution >= 4 is 33.0 Å². The lowest BCUT2D eigenvalue weighted by Crippen LogP contribution is -2.30. The van der Waals surface area contributed by atoms with Crippen LogP contribution in [0.15, 0.2) is 94.0 Å². The Labute approximate surface area is 182 Å². The molecule has 3 aromatic rings. The molecule has 31 heavy (non-hydrogen) atoms. The van der Waals surface area contributed by atoms with Crippen LogP contribution in [-0.2, 0) is 10.0 Å². The maximum absolute atomic E-state index is 12.6. The van der Waals surface area contributed by atoms with Crippen molar-refractivity contribution in [3.05, 3.63) is 84.4 Å². The maximum Gasteiger partial charge on any atom is 0.255 e. The van der Waals surface area contributed by atoms with Gasteiger partial charge >= 0.3 is 0 Å². The minimum absolute atomic E-state index is 0.167. The molecule has 1 amide bonds. The molecule has 3 rings (SSSR count). The zero-order valence-electron chi connectivity index (χ0n) is 17.4. The van der Waals surface area contributed by atoms with Gasteiger partial charge in [-0.25, -0.2) is 8.42 Å². The van der Waals surface area contributed by atoms with Crippen molar-refractivity contribution < 1.29 is 13.2 Å². The van der Waals surface area contributed by atoms with Gasteiger partial charge in [0.25, 0.3) is 5.91 Å². The summed E-state index contributed by atoms with van der Waals surface area (Å²) in [6.07, 6.45) is 0. The van der Waals surface area contributed by atoms with Gasteiger partial charge < -0.3 is 5.32 Å². The van der Waals surface area contributed by atoms with Gasteiger partial charge in [-0.2, -0.15) is 14.5 Å². The summed E-state index contributed by atoms with van der Waals surface area (Å²) in [5, 5.41) is 11.1. The van der Waals surface area contributed by atoms with Crippen LogP contribution in [0.1, 0.15) is 24.2 Å². The Morgan fingerprint density at radius 1 is 0.806 bits per heavy atom. The largest absolute Gasteiger partial charge is 0.322 e. The number of rotatable bonds is 8. The van der Waals surface area contributed by atoms with Crippen LogP contribution in [0.3, 0.4) is 0 Å². The zero-order chi connectivity index (χ0) is 22.3. The molecule has 0 radical (unpaired) electrons. The summed E-state index contributed by atoms with van der Waals surface area (Å²) in [4.78, 5) is 12.7. The van der Waals surface area contributed by atoms with E-state index in [9.17, 15) is 13.2 Å². The predicted octanol–water partition coefficient (Wildman–Crippen LogP) is 5.38. The second-order valence-corrected chi connectivity index (χ2v) is 8.59. The molecule has 0 heterocycles. The van der Waals surface area contributed by atoms with Crippen LogP contribution in [0, 0.1) is 0 Å². The van der Waals surface area contributed by atoms with Gasteiger partial charge in [0.2, 0.25) is 10.0 Å². The molecule has 160 valence electrons. The third-order valence-corrected chi connectivity index (χ3v) is 6.69. The summed E-state index contributed by atoms with van der Waals surface area (Å²) in [6, 6.07) is 22.3. The summed E-state index contributed by atoms with van der Waals surface area (Å²) in [7, 11) is -3.55. The normalized spacial score (nSPS) is 11.7. The Bertz CT molecular complexity index is 1140. The number of azo groups is 1. The zero-order valence-corrected chi connectivity index (χ0v) is 18.2. The molecule has 8 heteroatoms. The Kier molecular flexibility index (Phi) is 7.28. The number of amides is 1. The van der Waals surface area contributed by atoms with Gasteiger partial charge in [0.05, 0.1) is 16.3 Å². The highest BCUT2D eigenvalue weighted by Crippen LogP contribution is 2.21. The van der Waals surface area contributed by atoms with Crippen LogP contribution >= 0.6 is 0 Å². The predicted molar refractivity (Wildman–Crippen MR) is 122 cm³/mol. The minimum Gasteiger partial charge on any atom is -0.322 e. The summed E-state index contributed by atoms with van der Waals surface area (Å²) in [6.45, 7) is 4.36. The first-order chi connectivity index (χ1) is 14.9. The number of nitrogens with one attached hydrogen (secondary N) is 1. The van der Waals surface area contributed by atoms with Crippen molar-refractivity contribution in [2.75, 3.05) is 18.4 Å². The number of hydrogen-bond acceptors (Lipinski definition) is 5. The SMILES string of the molecule is CCN(CC)S(=O)(=O)c1ccc(C(=O)Nc2ccc(N=Nc3ccccc3)cc2)cc1. The summed E-state index contributed by atoms with van der Waals surface area (Å²) in [5.74, 6) is -0.328. The molecule has 7 nitrogen and oxygen atoms in total. The van der Waals surface area contributed by atoms with Crippen molar-refractivity contribution in [2.45, 2.75) is 18.7 Å². The van der Waals surface area contributed by atoms with Gasteiger partial charge in [0.1, 0.15) is 0 Å². The first-order valence-electron chi connectivity index (χ1n) is 9.92. The van der Waals surface area contributed by atoms with E-state index in [0.29, 0.717) is 30.0 Å². The van der Waals surface area contributed by atoms with E-state index < -0.39 is 10.0 Å². The van der Waals surface area contributed by atoms with E-state index in [1.54, 1.807) is 38.1 Å². The van der Waals surface area contributed by atoms with Gasteiger partial charge in [-0.3, -0.25) is 4.79 Å². The van der Waals surface area contributed by atoms with E-state index >= 15 is 0 Å². The number of anilines is 1. The monoisotopic (exact) mass is 436 g/mol. The Balaban J connectivity index is 1.65. The Morgan fingerprint density at radius 2 is 1.35 bits per heavy atom. The summed E-state index contributed by atoms with van der Waals surface area (Å²) in [5.41, 5.74) is 2.38. The standard InChI is InChI=1S/C23H24N4O3S/c1-3-27(4-2)31(29,30)22-16-10-18(11-17-22)23(28)24-19-12-14-21(15-13-19)26-25-20-8-6-5-7-9-20/h5-17H,3-4H2,1-2H3,(H,24,28). The van der Waals surface area contributed by atoms with Crippen LogP contribution in [0.4, 0.5) is 17.1 Å². The molecular formula is C23H24N4O3S. The number of sulfonamides is 1. The maximum atomic E-state index is 12.6. The highest BCUT2D eigenvalue weighted by Gasteiger charge is 2.21. The molecule has 0 spiro atoms. The molecule has 0 unspecified atom stereocenters. The topological polar surface area (TPSA) is 91.2 Å². The first kappa shape index (κ1) is 22.3. The third-order valence-electron chi connectivity index (χ3n) is 4.62. The molecule has 0 aliphatic heterocycles. The van der Waals surface area contributed by atoms with E-state index in [1.807, 2.05) is 30.3 Å². The van der Waals surface area contributed by atoms with Crippen molar-refractivity contribution in [3.63, 3.8) is 0 Å². The van der Waals surface area contributed by atoms with E-state index in [-0.39, 0.29) is 10.8 Å². The van der Waals surface area contributed by atoms with Crippen LogP contribution < -0.4 is 5.32 Å². The average molecular weight is 437 g/mol. The quantitative estimate of drug-likeness (QED) is 0.480. The minimum atomic E-state index is -3.55. The molecule has 0 aromatic heterocycles. The number of hydrogen-bond donors (Lipinski definition) is 1. The van der Waals surface area contributed by atoms with E-state index in [2.05, 4.69) is 15.5 Å². The number of carbonyl (C=O) groups is 1. The smallest absolute Gasteiger partial charge is 0.255 e. The molecule has 0 aliphatic carbocycles. The molecule has 1 N–H and O–H groups in total. The first-order valence-corrected chi connectivity index (χ1v) is 11.4. The lowest BCUT2D eigenvalue weighted by atomic mass is 10.2. The second-order valence-electron chi connectivity index (χ2n) is 6.65. The second kappa shape index (κ2) is 10.1. The number of benzene rings is 3. The number of carbonyl (C=O) groups excluding carboxylic acids is 1. The Morgan fingerprint density at radius 3 is 1.90 bits per heavy atom. The van der Waals surface area contributed by atoms with Gasteiger partial charge in [-0.05, 0) is 60.7 Å². The molecule has 3 aromatic carbocycles. The highest BCUT2D eigenvalue weighted by molar-refractivity contribution is 7.89. The summed E-state index contributed by atoms with van der Waals surface area (Å²) >= 11 is 0. The van der Waals surface area contributed by atoms with E-state index in [1.165, 1.54) is 28.6 Å². The van der Waals surface area contributed by atoms with Gasteiger partial charge in [-0.1, -0.05) is 32.0 Å². The molecule has 0 saturated carbocycles. The van der Waals surface area contributed by atoms with Crippen LogP contribution in [0.2, 0.25) is 0 Å². The number of nitrogens with zero attached hydrogens (tertiary/aromatic N) is 3. The molecular weight excluding hydrogens is 412 g/mol. The summed E-state index contributed by atoms with van der Waals surface area (Å²) < 4.78 is 26.5. The highest BCUT2D eigenvalue weighted by atomic mass is 32.2. The van der Waals surface area contributed by atoms with E-state index in [0.717, 1.165) is 5.69 Å². The van der Waals surface area contributed by atoms with Crippen molar-refractivity contribution in [3.8, 4) is 0 Å². The molecule has 0 saturated heterocycles. The third kappa shape index (κ3) is 5.62. The average Bonchev–Trinajstić information content (AvgIpc) is 2.80. The molecule has 0 fully saturated rings. The fourth-order valence-electron chi connectivity index (χ4n) is 2.92. The van der Waals surface area contributed by atoms with Crippen molar-refractivity contribution in [1.29, 1.82) is 0 Å². The van der Waals surface area contributed by atoms with Crippen LogP contribution in [0.25, 0.3) is 0 Å². The lowest BCUT2D eigenvalue weighted by molar-refractivity contribution is 0.102.